The molecule has 0 unspecified atom stereocenters. The van der Waals surface area contributed by atoms with E-state index in [0.717, 1.165) is 6.42 Å². The number of amides is 4. The molecule has 1 aliphatic rings. The highest BCUT2D eigenvalue weighted by molar-refractivity contribution is 5.99. The second-order valence-corrected chi connectivity index (χ2v) is 6.12. The Kier molecular flexibility index (Phi) is 5.74. The molecule has 0 radical (unpaired) electrons. The predicted molar refractivity (Wildman–Crippen MR) is 89.8 cm³/mol. The number of nitrogens with one attached hydrogen (secondary N) is 1. The predicted octanol–water partition coefficient (Wildman–Crippen LogP) is 1.19. The van der Waals surface area contributed by atoms with Gasteiger partial charge >= 0.3 is 12.0 Å². The summed E-state index contributed by atoms with van der Waals surface area (Å²) in [5.41, 5.74) is 5.76. The Morgan fingerprint density at radius 1 is 1.28 bits per heavy atom. The molecule has 8 nitrogen and oxygen atoms in total. The number of hydrogen-bond acceptors (Lipinski definition) is 5. The van der Waals surface area contributed by atoms with Gasteiger partial charge in [0.15, 0.2) is 6.10 Å². The molecule has 4 amide bonds. The van der Waals surface area contributed by atoms with E-state index >= 15 is 0 Å². The van der Waals surface area contributed by atoms with Crippen molar-refractivity contribution >= 4 is 29.5 Å². The molecule has 0 spiro atoms. The Hall–Kier alpha value is -2.90. The zero-order valence-electron chi connectivity index (χ0n) is 14.2. The van der Waals surface area contributed by atoms with Crippen LogP contribution in [0.1, 0.15) is 37.0 Å². The first-order chi connectivity index (χ1) is 11.8. The van der Waals surface area contributed by atoms with Crippen molar-refractivity contribution in [3.8, 4) is 0 Å². The zero-order chi connectivity index (χ0) is 18.6. The van der Waals surface area contributed by atoms with Gasteiger partial charge in [-0.3, -0.25) is 14.9 Å². The van der Waals surface area contributed by atoms with Crippen LogP contribution in [-0.2, 0) is 14.3 Å². The maximum atomic E-state index is 12.4. The highest BCUT2D eigenvalue weighted by atomic mass is 16.5. The molecule has 1 saturated heterocycles. The van der Waals surface area contributed by atoms with E-state index in [1.165, 1.54) is 6.07 Å². The number of hydrogen-bond donors (Lipinski definition) is 2. The number of nitrogens with zero attached hydrogens (tertiary/aromatic N) is 1. The average Bonchev–Trinajstić information content (AvgIpc) is 2.97. The summed E-state index contributed by atoms with van der Waals surface area (Å²) < 4.78 is 5.24. The number of anilines is 1. The normalized spacial score (nSPS) is 15.2. The number of esters is 1. The molecule has 0 bridgehead atoms. The Balaban J connectivity index is 2.14. The summed E-state index contributed by atoms with van der Waals surface area (Å²) in [5.74, 6) is -1.84. The van der Waals surface area contributed by atoms with Crippen LogP contribution in [0, 0.1) is 5.92 Å². The highest BCUT2D eigenvalue weighted by Gasteiger charge is 2.28. The van der Waals surface area contributed by atoms with Crippen LogP contribution in [0.5, 0.6) is 0 Å². The molecule has 134 valence electrons. The summed E-state index contributed by atoms with van der Waals surface area (Å²) >= 11 is 0. The number of ether oxygens (including phenoxy) is 1. The molecule has 0 saturated carbocycles. The van der Waals surface area contributed by atoms with E-state index in [1.54, 1.807) is 36.9 Å². The number of imide groups is 1. The lowest BCUT2D eigenvalue weighted by molar-refractivity contribution is -0.130. The largest absolute Gasteiger partial charge is 0.448 e. The van der Waals surface area contributed by atoms with E-state index in [9.17, 15) is 19.2 Å². The molecule has 25 heavy (non-hydrogen) atoms. The quantitative estimate of drug-likeness (QED) is 0.776. The topological polar surface area (TPSA) is 119 Å². The van der Waals surface area contributed by atoms with E-state index in [-0.39, 0.29) is 17.4 Å². The molecular formula is C17H21N3O5. The summed E-state index contributed by atoms with van der Waals surface area (Å²) in [7, 11) is 0. The fourth-order valence-electron chi connectivity index (χ4n) is 2.59. The van der Waals surface area contributed by atoms with Crippen molar-refractivity contribution in [1.29, 1.82) is 0 Å². The van der Waals surface area contributed by atoms with Crippen LogP contribution in [0.3, 0.4) is 0 Å². The summed E-state index contributed by atoms with van der Waals surface area (Å²) in [6, 6.07) is 5.46. The molecule has 1 aliphatic heterocycles. The van der Waals surface area contributed by atoms with Gasteiger partial charge in [0.1, 0.15) is 0 Å². The molecule has 0 aliphatic carbocycles. The van der Waals surface area contributed by atoms with Crippen molar-refractivity contribution in [3.05, 3.63) is 29.8 Å². The fraction of sp³-hybridized carbons (Fsp3) is 0.412. The third-order valence-electron chi connectivity index (χ3n) is 3.81. The first kappa shape index (κ1) is 18.4. The van der Waals surface area contributed by atoms with Crippen LogP contribution in [0.4, 0.5) is 10.5 Å². The van der Waals surface area contributed by atoms with E-state index < -0.39 is 24.0 Å². The smallest absolute Gasteiger partial charge is 0.338 e. The fourth-order valence-corrected chi connectivity index (χ4v) is 2.59. The Labute approximate surface area is 145 Å². The van der Waals surface area contributed by atoms with Gasteiger partial charge < -0.3 is 15.4 Å². The summed E-state index contributed by atoms with van der Waals surface area (Å²) in [6.45, 7) is 3.96. The Morgan fingerprint density at radius 3 is 2.56 bits per heavy atom. The van der Waals surface area contributed by atoms with Gasteiger partial charge in [0.25, 0.3) is 5.91 Å². The van der Waals surface area contributed by atoms with Crippen LogP contribution in [0.15, 0.2) is 24.3 Å². The van der Waals surface area contributed by atoms with E-state index in [1.807, 2.05) is 5.32 Å². The zero-order valence-corrected chi connectivity index (χ0v) is 14.2. The van der Waals surface area contributed by atoms with Crippen molar-refractivity contribution in [1.82, 2.24) is 5.32 Å². The van der Waals surface area contributed by atoms with Crippen LogP contribution in [0.2, 0.25) is 0 Å². The van der Waals surface area contributed by atoms with Crippen LogP contribution in [-0.4, -0.2) is 36.5 Å². The first-order valence-corrected chi connectivity index (χ1v) is 8.01. The van der Waals surface area contributed by atoms with Gasteiger partial charge in [-0.15, -0.1) is 0 Å². The lowest BCUT2D eigenvalue weighted by atomic mass is 10.1. The van der Waals surface area contributed by atoms with Gasteiger partial charge in [-0.05, 0) is 30.5 Å². The molecule has 1 atom stereocenters. The van der Waals surface area contributed by atoms with Gasteiger partial charge in [0, 0.05) is 18.7 Å². The molecule has 8 heteroatoms. The summed E-state index contributed by atoms with van der Waals surface area (Å²) in [5, 5.41) is 1.91. The number of carbonyl (C=O) groups excluding carboxylic acids is 4. The molecule has 2 rings (SSSR count). The van der Waals surface area contributed by atoms with Gasteiger partial charge in [-0.25, -0.2) is 9.59 Å². The molecule has 3 N–H and O–H groups in total. The molecule has 0 aromatic heterocycles. The lowest BCUT2D eigenvalue weighted by Crippen LogP contribution is -2.45. The van der Waals surface area contributed by atoms with Crippen molar-refractivity contribution in [2.75, 3.05) is 11.4 Å². The average molecular weight is 347 g/mol. The van der Waals surface area contributed by atoms with E-state index in [2.05, 4.69) is 0 Å². The SMILES string of the molecule is CC(C)[C@@H](OC(=O)c1cccc(N2CCCC2=O)c1)C(=O)NC(N)=O. The van der Waals surface area contributed by atoms with Crippen molar-refractivity contribution in [2.45, 2.75) is 32.8 Å². The van der Waals surface area contributed by atoms with Crippen molar-refractivity contribution < 1.29 is 23.9 Å². The van der Waals surface area contributed by atoms with Gasteiger partial charge in [0.2, 0.25) is 5.91 Å². The standard InChI is InChI=1S/C17H21N3O5/c1-10(2)14(15(22)19-17(18)24)25-16(23)11-5-3-6-12(9-11)20-8-4-7-13(20)21/h3,5-6,9-10,14H,4,7-8H2,1-2H3,(H3,18,19,22,24)/t14-/m1/s1. The number of benzene rings is 1. The van der Waals surface area contributed by atoms with Crippen LogP contribution < -0.4 is 16.0 Å². The van der Waals surface area contributed by atoms with Crippen molar-refractivity contribution in [3.63, 3.8) is 0 Å². The van der Waals surface area contributed by atoms with Gasteiger partial charge in [-0.2, -0.15) is 0 Å². The Morgan fingerprint density at radius 2 is 2.00 bits per heavy atom. The number of rotatable bonds is 5. The number of nitrogens with two attached hydrogens (primary N) is 1. The minimum Gasteiger partial charge on any atom is -0.448 e. The van der Waals surface area contributed by atoms with E-state index in [0.29, 0.717) is 18.7 Å². The number of primary amides is 1. The summed E-state index contributed by atoms with van der Waals surface area (Å²) in [4.78, 5) is 48.6. The monoisotopic (exact) mass is 347 g/mol. The minimum absolute atomic E-state index is 0.00594. The van der Waals surface area contributed by atoms with Gasteiger partial charge in [-0.1, -0.05) is 19.9 Å². The number of urea groups is 1. The molecule has 1 fully saturated rings. The van der Waals surface area contributed by atoms with Crippen LogP contribution in [0.25, 0.3) is 0 Å². The summed E-state index contributed by atoms with van der Waals surface area (Å²) in [6.07, 6.45) is 0.102. The highest BCUT2D eigenvalue weighted by Crippen LogP contribution is 2.23. The lowest BCUT2D eigenvalue weighted by Gasteiger charge is -2.20. The van der Waals surface area contributed by atoms with Crippen molar-refractivity contribution in [2.24, 2.45) is 11.7 Å². The molecule has 1 heterocycles. The second-order valence-electron chi connectivity index (χ2n) is 6.12. The maximum absolute atomic E-state index is 12.4. The first-order valence-electron chi connectivity index (χ1n) is 8.01. The van der Waals surface area contributed by atoms with Gasteiger partial charge in [0.05, 0.1) is 5.56 Å². The Bertz CT molecular complexity index is 701. The molecule has 1 aromatic carbocycles. The minimum atomic E-state index is -1.16. The molecule has 1 aromatic rings. The third-order valence-corrected chi connectivity index (χ3v) is 3.81. The second kappa shape index (κ2) is 7.78. The maximum Gasteiger partial charge on any atom is 0.338 e. The number of carbonyl (C=O) groups is 4. The van der Waals surface area contributed by atoms with Crippen LogP contribution >= 0.6 is 0 Å². The van der Waals surface area contributed by atoms with E-state index in [4.69, 9.17) is 10.5 Å². The third kappa shape index (κ3) is 4.56. The molecular weight excluding hydrogens is 326 g/mol.